The Kier molecular flexibility index (Phi) is 7.41. The van der Waals surface area contributed by atoms with Gasteiger partial charge in [-0.2, -0.15) is 0 Å². The van der Waals surface area contributed by atoms with Crippen LogP contribution >= 0.6 is 0 Å². The smallest absolute Gasteiger partial charge is 0.269 e. The average Bonchev–Trinajstić information content (AvgIpc) is 2.52. The lowest BCUT2D eigenvalue weighted by atomic mass is 9.89. The first kappa shape index (κ1) is 20.2. The van der Waals surface area contributed by atoms with E-state index in [0.29, 0.717) is 19.2 Å². The fraction of sp³-hybridized carbons (Fsp3) is 0.588. The molecule has 0 N–H and O–H groups in total. The van der Waals surface area contributed by atoms with Crippen LogP contribution in [0, 0.1) is 5.92 Å². The Morgan fingerprint density at radius 3 is 2.46 bits per heavy atom. The van der Waals surface area contributed by atoms with Crippen molar-refractivity contribution >= 4 is 12.6 Å². The Morgan fingerprint density at radius 2 is 2.00 bits per heavy atom. The molecule has 0 amide bonds. The predicted molar refractivity (Wildman–Crippen MR) is 85.4 cm³/mol. The van der Waals surface area contributed by atoms with E-state index in [1.807, 2.05) is 13.8 Å². The highest BCUT2D eigenvalue weighted by Crippen LogP contribution is 2.25. The van der Waals surface area contributed by atoms with E-state index in [0.717, 1.165) is 10.6 Å². The van der Waals surface area contributed by atoms with Crippen molar-refractivity contribution in [2.24, 2.45) is 5.92 Å². The molecule has 0 aliphatic carbocycles. The molecule has 7 heteroatoms. The van der Waals surface area contributed by atoms with Crippen LogP contribution in [0.2, 0.25) is 0 Å². The number of hydrogen-bond donors (Lipinski definition) is 0. The molecule has 1 aromatic heterocycles. The predicted octanol–water partition coefficient (Wildman–Crippen LogP) is 2.50. The topological polar surface area (TPSA) is 65.4 Å². The lowest BCUT2D eigenvalue weighted by Crippen LogP contribution is -2.48. The van der Waals surface area contributed by atoms with Crippen molar-refractivity contribution in [2.75, 3.05) is 13.2 Å². The van der Waals surface area contributed by atoms with Crippen molar-refractivity contribution in [3.63, 3.8) is 0 Å². The Morgan fingerprint density at radius 1 is 1.33 bits per heavy atom. The summed E-state index contributed by atoms with van der Waals surface area (Å²) in [6.45, 7) is 5.68. The van der Waals surface area contributed by atoms with E-state index < -0.39 is 23.1 Å². The van der Waals surface area contributed by atoms with Crippen LogP contribution in [-0.4, -0.2) is 30.4 Å². The van der Waals surface area contributed by atoms with Gasteiger partial charge in [-0.1, -0.05) is 13.8 Å². The second-order valence-electron chi connectivity index (χ2n) is 6.11. The molecule has 0 aliphatic heterocycles. The number of ether oxygens (including phenoxy) is 1. The second kappa shape index (κ2) is 8.82. The zero-order valence-corrected chi connectivity index (χ0v) is 14.1. The van der Waals surface area contributed by atoms with Gasteiger partial charge >= 0.3 is 0 Å². The number of aromatic nitrogens is 1. The van der Waals surface area contributed by atoms with Crippen LogP contribution in [0.4, 0.5) is 8.78 Å². The number of carbonyl (C=O) groups is 2. The van der Waals surface area contributed by atoms with E-state index in [4.69, 9.17) is 4.74 Å². The molecule has 0 radical (unpaired) electrons. The second-order valence-corrected chi connectivity index (χ2v) is 6.11. The third-order valence-electron chi connectivity index (χ3n) is 3.67. The molecule has 1 aromatic rings. The number of alkyl halides is 2. The molecule has 0 fully saturated rings. The molecule has 5 nitrogen and oxygen atoms in total. The minimum atomic E-state index is -2.99. The summed E-state index contributed by atoms with van der Waals surface area (Å²) in [7, 11) is 0. The fourth-order valence-corrected chi connectivity index (χ4v) is 2.71. The summed E-state index contributed by atoms with van der Waals surface area (Å²) in [5.41, 5.74) is -2.79. The van der Waals surface area contributed by atoms with Crippen molar-refractivity contribution in [1.82, 2.24) is 4.57 Å². The van der Waals surface area contributed by atoms with Gasteiger partial charge in [-0.25, -0.2) is 8.78 Å². The van der Waals surface area contributed by atoms with Gasteiger partial charge in [-0.3, -0.25) is 9.36 Å². The summed E-state index contributed by atoms with van der Waals surface area (Å²) in [4.78, 5) is 35.1. The number of hydrogen-bond acceptors (Lipinski definition) is 4. The molecule has 0 aliphatic rings. The van der Waals surface area contributed by atoms with E-state index >= 15 is 0 Å². The number of halogens is 2. The van der Waals surface area contributed by atoms with Crippen molar-refractivity contribution in [2.45, 2.75) is 45.6 Å². The fourth-order valence-electron chi connectivity index (χ4n) is 2.71. The third-order valence-corrected chi connectivity index (χ3v) is 3.67. The Labute approximate surface area is 139 Å². The van der Waals surface area contributed by atoms with Crippen molar-refractivity contribution < 1.29 is 23.1 Å². The van der Waals surface area contributed by atoms with E-state index in [2.05, 4.69) is 0 Å². The van der Waals surface area contributed by atoms with Gasteiger partial charge < -0.3 is 14.3 Å². The highest BCUT2D eigenvalue weighted by atomic mass is 19.3. The van der Waals surface area contributed by atoms with Gasteiger partial charge in [-0.05, 0) is 30.9 Å². The van der Waals surface area contributed by atoms with Crippen LogP contribution in [0.3, 0.4) is 0 Å². The maximum atomic E-state index is 13.2. The Hall–Kier alpha value is -1.89. The summed E-state index contributed by atoms with van der Waals surface area (Å²) in [6.07, 6.45) is -0.421. The first-order chi connectivity index (χ1) is 11.3. The molecule has 1 rings (SSSR count). The highest BCUT2D eigenvalue weighted by Gasteiger charge is 2.35. The minimum absolute atomic E-state index is 0.0206. The first-order valence-corrected chi connectivity index (χ1v) is 7.83. The minimum Gasteiger partial charge on any atom is -0.379 e. The zero-order valence-electron chi connectivity index (χ0n) is 14.1. The largest absolute Gasteiger partial charge is 0.379 e. The van der Waals surface area contributed by atoms with Crippen molar-refractivity contribution in [3.05, 3.63) is 33.7 Å². The Balaban J connectivity index is 3.62. The number of aldehydes is 2. The normalized spacial score (nSPS) is 14.0. The van der Waals surface area contributed by atoms with E-state index in [1.54, 1.807) is 6.92 Å². The lowest BCUT2D eigenvalue weighted by molar-refractivity contribution is -0.119. The molecule has 0 spiro atoms. The first-order valence-electron chi connectivity index (χ1n) is 7.83. The molecule has 0 saturated heterocycles. The average molecular weight is 343 g/mol. The molecular formula is C17H23F2NO4. The van der Waals surface area contributed by atoms with Crippen LogP contribution in [-0.2, 0) is 26.3 Å². The highest BCUT2D eigenvalue weighted by molar-refractivity contribution is 5.63. The quantitative estimate of drug-likeness (QED) is 0.612. The van der Waals surface area contributed by atoms with E-state index in [-0.39, 0.29) is 30.9 Å². The molecule has 24 heavy (non-hydrogen) atoms. The summed E-state index contributed by atoms with van der Waals surface area (Å²) >= 11 is 0. The lowest BCUT2D eigenvalue weighted by Gasteiger charge is -2.32. The molecule has 1 atom stereocenters. The van der Waals surface area contributed by atoms with Gasteiger partial charge in [0.15, 0.2) is 0 Å². The third kappa shape index (κ3) is 4.56. The Bertz CT molecular complexity index is 628. The van der Waals surface area contributed by atoms with Crippen molar-refractivity contribution in [3.8, 4) is 0 Å². The monoisotopic (exact) mass is 343 g/mol. The number of pyridine rings is 1. The maximum Gasteiger partial charge on any atom is 0.269 e. The summed E-state index contributed by atoms with van der Waals surface area (Å²) in [5, 5.41) is 0. The molecule has 0 bridgehead atoms. The van der Waals surface area contributed by atoms with Crippen LogP contribution < -0.4 is 5.56 Å². The van der Waals surface area contributed by atoms with E-state index in [1.165, 1.54) is 6.20 Å². The van der Waals surface area contributed by atoms with Gasteiger partial charge in [0.1, 0.15) is 18.1 Å². The summed E-state index contributed by atoms with van der Waals surface area (Å²) in [6, 6.07) is 1.02. The number of nitrogens with zero attached hydrogens (tertiary/aromatic N) is 1. The maximum absolute atomic E-state index is 13.2. The van der Waals surface area contributed by atoms with Crippen LogP contribution in [0.15, 0.2) is 17.1 Å². The molecule has 1 heterocycles. The van der Waals surface area contributed by atoms with Gasteiger partial charge in [0.05, 0.1) is 12.2 Å². The zero-order chi connectivity index (χ0) is 18.3. The number of rotatable bonds is 10. The van der Waals surface area contributed by atoms with Gasteiger partial charge in [-0.15, -0.1) is 0 Å². The van der Waals surface area contributed by atoms with Crippen LogP contribution in [0.25, 0.3) is 0 Å². The molecular weight excluding hydrogens is 320 g/mol. The molecule has 0 saturated carbocycles. The standard InChI is InChI=1S/C17H23F2NO4/c1-4-24-11-17(10-22,8-12(2)3)20-9-13(5-6-21)7-14(15(18)19)16(20)23/h6-7,9-10,12,15H,4-5,8,11H2,1-3H3. The van der Waals surface area contributed by atoms with Crippen LogP contribution in [0.5, 0.6) is 0 Å². The van der Waals surface area contributed by atoms with Crippen molar-refractivity contribution in [1.29, 1.82) is 0 Å². The summed E-state index contributed by atoms with van der Waals surface area (Å²) in [5.74, 6) is 0.0206. The molecule has 134 valence electrons. The van der Waals surface area contributed by atoms with Gasteiger partial charge in [0.2, 0.25) is 0 Å². The SMILES string of the molecule is CCOCC(C=O)(CC(C)C)n1cc(CC=O)cc(C(F)F)c1=O. The van der Waals surface area contributed by atoms with E-state index in [9.17, 15) is 23.2 Å². The summed E-state index contributed by atoms with van der Waals surface area (Å²) < 4.78 is 32.8. The van der Waals surface area contributed by atoms with Gasteiger partial charge in [0.25, 0.3) is 12.0 Å². The molecule has 0 aromatic carbocycles. The van der Waals surface area contributed by atoms with Crippen LogP contribution in [0.1, 0.15) is 44.7 Å². The molecule has 1 unspecified atom stereocenters. The number of carbonyl (C=O) groups excluding carboxylic acids is 2. The van der Waals surface area contributed by atoms with Gasteiger partial charge in [0, 0.05) is 19.2 Å².